The number of rotatable bonds is 5. The number of tetrazole rings is 1. The fourth-order valence-corrected chi connectivity index (χ4v) is 3.46. The lowest BCUT2D eigenvalue weighted by atomic mass is 10.0. The molecule has 10 heteroatoms. The molecule has 0 radical (unpaired) electrons. The van der Waals surface area contributed by atoms with Gasteiger partial charge in [0.15, 0.2) is 0 Å². The van der Waals surface area contributed by atoms with E-state index in [4.69, 9.17) is 5.73 Å². The van der Waals surface area contributed by atoms with E-state index in [2.05, 4.69) is 25.7 Å². The van der Waals surface area contributed by atoms with E-state index in [-0.39, 0.29) is 12.1 Å². The quantitative estimate of drug-likeness (QED) is 0.537. The Morgan fingerprint density at radius 3 is 2.72 bits per heavy atom. The normalized spacial score (nSPS) is 11.9. The Morgan fingerprint density at radius 1 is 1.24 bits per heavy atom. The van der Waals surface area contributed by atoms with Crippen LogP contribution in [0.1, 0.15) is 38.6 Å². The number of hydrogen-bond acceptors (Lipinski definition) is 5. The number of nitrogens with zero attached hydrogens (tertiary/aromatic N) is 5. The maximum Gasteiger partial charge on any atom is 0.333 e. The summed E-state index contributed by atoms with van der Waals surface area (Å²) in [5.74, 6) is -4.59. The van der Waals surface area contributed by atoms with Crippen LogP contribution in [-0.2, 0) is 12.5 Å². The number of carbonyl (C=O) groups excluding carboxylic acids is 1. The molecule has 0 atom stereocenters. The third-order valence-electron chi connectivity index (χ3n) is 4.87. The number of carbonyl (C=O) groups is 1. The van der Waals surface area contributed by atoms with Crippen LogP contribution in [0.25, 0.3) is 10.9 Å². The van der Waals surface area contributed by atoms with E-state index >= 15 is 0 Å². The molecular formula is C19H17F2N7O. The number of hydrogen-bond donors (Lipinski definition) is 2. The minimum atomic E-state index is -3.40. The highest BCUT2D eigenvalue weighted by Crippen LogP contribution is 2.35. The molecule has 4 aromatic rings. The average molecular weight is 397 g/mol. The Balaban J connectivity index is 1.83. The average Bonchev–Trinajstić information content (AvgIpc) is 3.31. The molecule has 29 heavy (non-hydrogen) atoms. The van der Waals surface area contributed by atoms with Crippen molar-refractivity contribution in [3.8, 4) is 0 Å². The first-order valence-corrected chi connectivity index (χ1v) is 8.77. The van der Waals surface area contributed by atoms with E-state index in [0.29, 0.717) is 22.3 Å². The van der Waals surface area contributed by atoms with E-state index in [1.54, 1.807) is 36.7 Å². The van der Waals surface area contributed by atoms with Crippen LogP contribution in [0.2, 0.25) is 0 Å². The Labute approximate surface area is 163 Å². The summed E-state index contributed by atoms with van der Waals surface area (Å²) in [6.07, 6.45) is 0. The smallest absolute Gasteiger partial charge is 0.333 e. The van der Waals surface area contributed by atoms with Crippen LogP contribution in [0.5, 0.6) is 0 Å². The Kier molecular flexibility index (Phi) is 4.33. The van der Waals surface area contributed by atoms with Crippen LogP contribution >= 0.6 is 0 Å². The van der Waals surface area contributed by atoms with Gasteiger partial charge in [-0.15, -0.1) is 5.10 Å². The summed E-state index contributed by atoms with van der Waals surface area (Å²) in [5.41, 5.74) is 8.26. The lowest BCUT2D eigenvalue weighted by molar-refractivity contribution is 0.0330. The number of primary amides is 1. The zero-order chi connectivity index (χ0) is 20.8. The predicted octanol–water partition coefficient (Wildman–Crippen LogP) is 2.45. The van der Waals surface area contributed by atoms with Crippen molar-refractivity contribution in [3.63, 3.8) is 0 Å². The van der Waals surface area contributed by atoms with Crippen molar-refractivity contribution in [1.82, 2.24) is 30.4 Å². The Hall–Kier alpha value is -3.69. The topological polar surface area (TPSA) is 115 Å². The number of amides is 1. The van der Waals surface area contributed by atoms with Gasteiger partial charge in [0.1, 0.15) is 0 Å². The predicted molar refractivity (Wildman–Crippen MR) is 100 cm³/mol. The highest BCUT2D eigenvalue weighted by molar-refractivity contribution is 5.96. The first-order chi connectivity index (χ1) is 13.8. The number of aromatic amines is 1. The molecule has 0 saturated heterocycles. The van der Waals surface area contributed by atoms with E-state index in [9.17, 15) is 13.6 Å². The molecule has 0 aliphatic heterocycles. The first kappa shape index (κ1) is 18.7. The van der Waals surface area contributed by atoms with Gasteiger partial charge in [-0.3, -0.25) is 9.48 Å². The fourth-order valence-electron chi connectivity index (χ4n) is 3.46. The number of benzene rings is 2. The third kappa shape index (κ3) is 3.12. The van der Waals surface area contributed by atoms with Crippen molar-refractivity contribution in [1.29, 1.82) is 0 Å². The van der Waals surface area contributed by atoms with Crippen molar-refractivity contribution >= 4 is 16.8 Å². The number of aromatic nitrogens is 6. The molecule has 0 aliphatic rings. The van der Waals surface area contributed by atoms with Crippen LogP contribution < -0.4 is 5.73 Å². The second-order valence-corrected chi connectivity index (χ2v) is 6.77. The maximum atomic E-state index is 14.8. The Morgan fingerprint density at radius 2 is 2.03 bits per heavy atom. The molecule has 0 spiro atoms. The van der Waals surface area contributed by atoms with Gasteiger partial charge in [0, 0.05) is 16.5 Å². The van der Waals surface area contributed by atoms with Gasteiger partial charge in [-0.25, -0.2) is 5.10 Å². The lowest BCUT2D eigenvalue weighted by Gasteiger charge is -2.14. The third-order valence-corrected chi connectivity index (χ3v) is 4.87. The number of fused-ring (bicyclic) bond motifs is 1. The lowest BCUT2D eigenvalue weighted by Crippen LogP contribution is -2.18. The van der Waals surface area contributed by atoms with E-state index in [1.165, 1.54) is 12.1 Å². The zero-order valence-corrected chi connectivity index (χ0v) is 15.6. The molecule has 2 aromatic carbocycles. The van der Waals surface area contributed by atoms with Crippen molar-refractivity contribution in [2.24, 2.45) is 5.73 Å². The summed E-state index contributed by atoms with van der Waals surface area (Å²) in [5, 5.41) is 17.1. The van der Waals surface area contributed by atoms with Crippen LogP contribution in [0, 0.1) is 13.8 Å². The highest BCUT2D eigenvalue weighted by Gasteiger charge is 2.38. The summed E-state index contributed by atoms with van der Waals surface area (Å²) < 4.78 is 31.1. The van der Waals surface area contributed by atoms with Crippen molar-refractivity contribution < 1.29 is 13.6 Å². The summed E-state index contributed by atoms with van der Waals surface area (Å²) in [6, 6.07) is 9.65. The van der Waals surface area contributed by atoms with E-state index < -0.39 is 17.7 Å². The second-order valence-electron chi connectivity index (χ2n) is 6.77. The van der Waals surface area contributed by atoms with Crippen LogP contribution in [0.15, 0.2) is 36.4 Å². The standard InChI is InChI=1S/C19H17F2N7O/c1-10-4-3-5-12(16(10)17(22)29)9-28-15-8-13(6-7-14(15)11(2)25-28)19(20,21)18-23-26-27-24-18/h3-8H,9H2,1-2H3,(H2,22,29)(H,23,24,26,27). The number of aryl methyl sites for hydroxylation is 2. The molecule has 4 rings (SSSR count). The van der Waals surface area contributed by atoms with Gasteiger partial charge < -0.3 is 5.73 Å². The number of H-pyrrole nitrogens is 1. The molecule has 3 N–H and O–H groups in total. The minimum Gasteiger partial charge on any atom is -0.366 e. The molecule has 0 unspecified atom stereocenters. The molecule has 8 nitrogen and oxygen atoms in total. The second kappa shape index (κ2) is 6.73. The number of halogens is 2. The highest BCUT2D eigenvalue weighted by atomic mass is 19.3. The number of alkyl halides is 2. The van der Waals surface area contributed by atoms with Gasteiger partial charge in [0.2, 0.25) is 11.7 Å². The molecule has 0 bridgehead atoms. The molecule has 2 aromatic heterocycles. The van der Waals surface area contributed by atoms with Gasteiger partial charge in [-0.1, -0.05) is 30.3 Å². The van der Waals surface area contributed by atoms with Crippen molar-refractivity contribution in [2.45, 2.75) is 26.3 Å². The summed E-state index contributed by atoms with van der Waals surface area (Å²) >= 11 is 0. The van der Waals surface area contributed by atoms with Crippen LogP contribution in [0.3, 0.4) is 0 Å². The van der Waals surface area contributed by atoms with Gasteiger partial charge in [-0.2, -0.15) is 13.9 Å². The monoisotopic (exact) mass is 397 g/mol. The number of nitrogens with one attached hydrogen (secondary N) is 1. The molecular weight excluding hydrogens is 380 g/mol. The molecule has 0 fully saturated rings. The molecule has 148 valence electrons. The first-order valence-electron chi connectivity index (χ1n) is 8.77. The zero-order valence-electron chi connectivity index (χ0n) is 15.6. The maximum absolute atomic E-state index is 14.8. The summed E-state index contributed by atoms with van der Waals surface area (Å²) in [6.45, 7) is 3.80. The van der Waals surface area contributed by atoms with Gasteiger partial charge >= 0.3 is 5.92 Å². The molecule has 1 amide bonds. The SMILES string of the molecule is Cc1cccc(Cn2nc(C)c3ccc(C(F)(F)c4nnn[nH]4)cc32)c1C(N)=O. The largest absolute Gasteiger partial charge is 0.366 e. The van der Waals surface area contributed by atoms with Gasteiger partial charge in [0.05, 0.1) is 17.8 Å². The van der Waals surface area contributed by atoms with Crippen molar-refractivity contribution in [3.05, 3.63) is 70.2 Å². The van der Waals surface area contributed by atoms with Gasteiger partial charge in [-0.05, 0) is 41.5 Å². The summed E-state index contributed by atoms with van der Waals surface area (Å²) in [4.78, 5) is 11.9. The Bertz CT molecular complexity index is 1220. The molecule has 2 heterocycles. The van der Waals surface area contributed by atoms with Crippen molar-refractivity contribution in [2.75, 3.05) is 0 Å². The van der Waals surface area contributed by atoms with Crippen LogP contribution in [0.4, 0.5) is 8.78 Å². The van der Waals surface area contributed by atoms with Gasteiger partial charge in [0.25, 0.3) is 0 Å². The molecule has 0 aliphatic carbocycles. The fraction of sp³-hybridized carbons (Fsp3) is 0.211. The molecule has 0 saturated carbocycles. The van der Waals surface area contributed by atoms with E-state index in [1.807, 2.05) is 6.07 Å². The number of nitrogens with two attached hydrogens (primary N) is 1. The van der Waals surface area contributed by atoms with E-state index in [0.717, 1.165) is 10.9 Å². The summed E-state index contributed by atoms with van der Waals surface area (Å²) in [7, 11) is 0. The van der Waals surface area contributed by atoms with Crippen LogP contribution in [-0.4, -0.2) is 36.3 Å². The minimum absolute atomic E-state index is 0.211.